The minimum absolute atomic E-state index is 0.00286. The lowest BCUT2D eigenvalue weighted by Crippen LogP contribution is -2.52. The maximum absolute atomic E-state index is 13.0. The van der Waals surface area contributed by atoms with Crippen LogP contribution in [0.1, 0.15) is 16.2 Å². The predicted molar refractivity (Wildman–Crippen MR) is 131 cm³/mol. The molecule has 0 spiro atoms. The van der Waals surface area contributed by atoms with Crippen LogP contribution in [0.5, 0.6) is 0 Å². The van der Waals surface area contributed by atoms with Gasteiger partial charge in [-0.1, -0.05) is 12.1 Å². The maximum Gasteiger partial charge on any atom is 0.282 e. The van der Waals surface area contributed by atoms with Crippen LogP contribution in [-0.4, -0.2) is 74.7 Å². The van der Waals surface area contributed by atoms with Gasteiger partial charge < -0.3 is 14.2 Å². The van der Waals surface area contributed by atoms with Gasteiger partial charge in [-0.15, -0.1) is 11.3 Å². The Balaban J connectivity index is 1.15. The molecule has 1 unspecified atom stereocenters. The Morgan fingerprint density at radius 3 is 2.71 bits per heavy atom. The number of fused-ring (bicyclic) bond motifs is 1. The minimum Gasteiger partial charge on any atom is -0.334 e. The Morgan fingerprint density at radius 2 is 1.88 bits per heavy atom. The molecule has 0 bridgehead atoms. The third-order valence-corrected chi connectivity index (χ3v) is 7.49. The van der Waals surface area contributed by atoms with Gasteiger partial charge in [0.05, 0.1) is 0 Å². The number of hydrogen-bond acceptors (Lipinski definition) is 6. The molecule has 4 aromatic rings. The van der Waals surface area contributed by atoms with Gasteiger partial charge in [-0.3, -0.25) is 14.5 Å². The van der Waals surface area contributed by atoms with Crippen LogP contribution in [0.2, 0.25) is 0 Å². The van der Waals surface area contributed by atoms with Crippen molar-refractivity contribution in [3.8, 4) is 11.1 Å². The highest BCUT2D eigenvalue weighted by molar-refractivity contribution is 7.11. The van der Waals surface area contributed by atoms with Gasteiger partial charge in [-0.25, -0.2) is 9.97 Å². The number of hydrogen-bond donors (Lipinski definition) is 0. The summed E-state index contributed by atoms with van der Waals surface area (Å²) in [5, 5.41) is 2.37. The van der Waals surface area contributed by atoms with E-state index < -0.39 is 0 Å². The number of pyridine rings is 1. The molecule has 0 N–H and O–H groups in total. The van der Waals surface area contributed by atoms with E-state index in [9.17, 15) is 9.59 Å². The predicted octanol–water partition coefficient (Wildman–Crippen LogP) is 3.02. The minimum atomic E-state index is 0.00286. The number of amides is 2. The van der Waals surface area contributed by atoms with Crippen molar-refractivity contribution in [2.75, 3.05) is 37.6 Å². The van der Waals surface area contributed by atoms with Crippen molar-refractivity contribution in [3.63, 3.8) is 0 Å². The van der Waals surface area contributed by atoms with Gasteiger partial charge in [0.15, 0.2) is 5.01 Å². The summed E-state index contributed by atoms with van der Waals surface area (Å²) in [6.45, 7) is 3.52. The van der Waals surface area contributed by atoms with Crippen molar-refractivity contribution in [3.05, 3.63) is 71.6 Å². The number of piperazine rings is 1. The summed E-state index contributed by atoms with van der Waals surface area (Å²) in [6.07, 6.45) is 7.87. The number of carbonyl (C=O) groups is 2. The Kier molecular flexibility index (Phi) is 5.35. The summed E-state index contributed by atoms with van der Waals surface area (Å²) in [7, 11) is 0. The third kappa shape index (κ3) is 3.76. The summed E-state index contributed by atoms with van der Waals surface area (Å²) >= 11 is 1.38. The molecule has 9 heteroatoms. The zero-order valence-electron chi connectivity index (χ0n) is 18.6. The molecule has 6 rings (SSSR count). The van der Waals surface area contributed by atoms with Crippen LogP contribution in [0.4, 0.5) is 5.69 Å². The number of aromatic nitrogens is 3. The fraction of sp³-hybridized carbons (Fsp3) is 0.280. The topological polar surface area (TPSA) is 74.1 Å². The van der Waals surface area contributed by atoms with Crippen LogP contribution in [0.3, 0.4) is 0 Å². The molecule has 34 heavy (non-hydrogen) atoms. The SMILES string of the molecule is O=C(c1nccs1)N1CCN(C2CC(=O)N(c3cccc(-c4cccn5ccnc45)c3)C2)CC1. The van der Waals surface area contributed by atoms with E-state index in [2.05, 4.69) is 33.1 Å². The summed E-state index contributed by atoms with van der Waals surface area (Å²) in [6, 6.07) is 12.4. The molecule has 2 amide bonds. The van der Waals surface area contributed by atoms with E-state index >= 15 is 0 Å². The summed E-state index contributed by atoms with van der Waals surface area (Å²) < 4.78 is 2.00. The molecule has 172 valence electrons. The molecule has 3 aromatic heterocycles. The van der Waals surface area contributed by atoms with Crippen LogP contribution < -0.4 is 4.90 Å². The highest BCUT2D eigenvalue weighted by Gasteiger charge is 2.36. The number of thiazole rings is 1. The molecule has 5 heterocycles. The van der Waals surface area contributed by atoms with E-state index in [4.69, 9.17) is 0 Å². The fourth-order valence-corrected chi connectivity index (χ4v) is 5.55. The van der Waals surface area contributed by atoms with Crippen molar-refractivity contribution in [2.24, 2.45) is 0 Å². The third-order valence-electron chi connectivity index (χ3n) is 6.73. The monoisotopic (exact) mass is 472 g/mol. The van der Waals surface area contributed by atoms with Crippen LogP contribution in [-0.2, 0) is 4.79 Å². The average molecular weight is 473 g/mol. The maximum atomic E-state index is 13.0. The van der Waals surface area contributed by atoms with Gasteiger partial charge in [-0.2, -0.15) is 0 Å². The lowest BCUT2D eigenvalue weighted by molar-refractivity contribution is -0.117. The lowest BCUT2D eigenvalue weighted by atomic mass is 10.1. The van der Waals surface area contributed by atoms with E-state index in [1.807, 2.05) is 50.2 Å². The number of imidazole rings is 1. The van der Waals surface area contributed by atoms with E-state index in [0.29, 0.717) is 31.1 Å². The first-order valence-electron chi connectivity index (χ1n) is 11.4. The summed E-state index contributed by atoms with van der Waals surface area (Å²) in [5.74, 6) is 0.144. The van der Waals surface area contributed by atoms with E-state index in [-0.39, 0.29) is 17.9 Å². The second kappa shape index (κ2) is 8.66. The van der Waals surface area contributed by atoms with Gasteiger partial charge >= 0.3 is 0 Å². The zero-order valence-corrected chi connectivity index (χ0v) is 19.4. The number of benzene rings is 1. The van der Waals surface area contributed by atoms with Crippen molar-refractivity contribution in [1.82, 2.24) is 24.2 Å². The van der Waals surface area contributed by atoms with Gasteiger partial charge in [0.2, 0.25) is 5.91 Å². The molecule has 2 aliphatic rings. The second-order valence-electron chi connectivity index (χ2n) is 8.66. The number of carbonyl (C=O) groups excluding carboxylic acids is 2. The van der Waals surface area contributed by atoms with Crippen LogP contribution in [0, 0.1) is 0 Å². The Labute approximate surface area is 201 Å². The van der Waals surface area contributed by atoms with Crippen LogP contribution in [0.15, 0.2) is 66.6 Å². The molecular weight excluding hydrogens is 448 g/mol. The van der Waals surface area contributed by atoms with Gasteiger partial charge in [-0.05, 0) is 29.8 Å². The first kappa shape index (κ1) is 21.0. The molecule has 2 saturated heterocycles. The van der Waals surface area contributed by atoms with E-state index in [1.165, 1.54) is 11.3 Å². The van der Waals surface area contributed by atoms with Gasteiger partial charge in [0, 0.05) is 86.6 Å². The molecular formula is C25H24N6O2S. The van der Waals surface area contributed by atoms with Crippen LogP contribution in [0.25, 0.3) is 16.8 Å². The summed E-state index contributed by atoms with van der Waals surface area (Å²) in [5.41, 5.74) is 3.89. The fourth-order valence-electron chi connectivity index (χ4n) is 4.95. The molecule has 2 aliphatic heterocycles. The number of nitrogens with zero attached hydrogens (tertiary/aromatic N) is 6. The zero-order chi connectivity index (χ0) is 23.1. The average Bonchev–Trinajstić information content (AvgIpc) is 3.64. The Bertz CT molecular complexity index is 1340. The standard InChI is InChI=1S/C25H24N6O2S/c32-22-16-20(28-10-12-30(13-11-28)25(33)24-27-7-14-34-24)17-31(22)19-4-1-3-18(15-19)21-5-2-8-29-9-6-26-23(21)29/h1-9,14-15,20H,10-13,16-17H2. The molecule has 0 radical (unpaired) electrons. The molecule has 8 nitrogen and oxygen atoms in total. The van der Waals surface area contributed by atoms with Crippen LogP contribution >= 0.6 is 11.3 Å². The molecule has 0 saturated carbocycles. The molecule has 1 atom stereocenters. The first-order chi connectivity index (χ1) is 16.7. The molecule has 2 fully saturated rings. The quantitative estimate of drug-likeness (QED) is 0.457. The Morgan fingerprint density at radius 1 is 1.00 bits per heavy atom. The second-order valence-corrected chi connectivity index (χ2v) is 9.55. The van der Waals surface area contributed by atoms with Crippen molar-refractivity contribution in [1.29, 1.82) is 0 Å². The summed E-state index contributed by atoms with van der Waals surface area (Å²) in [4.78, 5) is 40.3. The van der Waals surface area contributed by atoms with Crippen molar-refractivity contribution >= 4 is 34.5 Å². The van der Waals surface area contributed by atoms with Crippen molar-refractivity contribution < 1.29 is 9.59 Å². The molecule has 0 aliphatic carbocycles. The smallest absolute Gasteiger partial charge is 0.282 e. The van der Waals surface area contributed by atoms with Crippen molar-refractivity contribution in [2.45, 2.75) is 12.5 Å². The van der Waals surface area contributed by atoms with E-state index in [0.717, 1.165) is 35.6 Å². The van der Waals surface area contributed by atoms with Gasteiger partial charge in [0.25, 0.3) is 5.91 Å². The van der Waals surface area contributed by atoms with E-state index in [1.54, 1.807) is 12.4 Å². The first-order valence-corrected chi connectivity index (χ1v) is 12.3. The lowest BCUT2D eigenvalue weighted by Gasteiger charge is -2.37. The normalized spacial score (nSPS) is 19.3. The highest BCUT2D eigenvalue weighted by Crippen LogP contribution is 2.30. The molecule has 1 aromatic carbocycles. The highest BCUT2D eigenvalue weighted by atomic mass is 32.1. The number of anilines is 1. The number of rotatable bonds is 4. The Hall–Kier alpha value is -3.56. The largest absolute Gasteiger partial charge is 0.334 e. The van der Waals surface area contributed by atoms with Gasteiger partial charge in [0.1, 0.15) is 5.65 Å².